The van der Waals surface area contributed by atoms with Gasteiger partial charge >= 0.3 is 5.97 Å². The van der Waals surface area contributed by atoms with Crippen LogP contribution in [0.1, 0.15) is 81.6 Å². The summed E-state index contributed by atoms with van der Waals surface area (Å²) in [4.78, 5) is 52.0. The summed E-state index contributed by atoms with van der Waals surface area (Å²) in [7, 11) is 0. The lowest BCUT2D eigenvalue weighted by Crippen LogP contribution is -2.64. The SMILES string of the molecule is CC(=O)OC(C)(C)/C=C/C(=O)[C@](C)(O)[C@H]1[C@H](O)C[C@@]2(C)[C@@H]3CC=C4C(C=C(O)C(=O)C4(C)C)[C@]3(C)C(=O)C[C@]12C. The lowest BCUT2D eigenvalue weighted by atomic mass is 9.39. The molecule has 40 heavy (non-hydrogen) atoms. The molecule has 8 nitrogen and oxygen atoms in total. The Morgan fingerprint density at radius 1 is 1.07 bits per heavy atom. The largest absolute Gasteiger partial charge is 0.505 e. The summed E-state index contributed by atoms with van der Waals surface area (Å²) < 4.78 is 5.22. The normalized spacial score (nSPS) is 40.4. The number of carbonyl (C=O) groups excluding carboxylic acids is 4. The van der Waals surface area contributed by atoms with E-state index < -0.39 is 62.6 Å². The number of Topliss-reactive ketones (excluding diaryl/α,β-unsaturated/α-hetero) is 2. The number of allylic oxidation sites excluding steroid dienone is 4. The molecule has 220 valence electrons. The van der Waals surface area contributed by atoms with Crippen molar-refractivity contribution < 1.29 is 39.2 Å². The van der Waals surface area contributed by atoms with E-state index in [0.29, 0.717) is 6.42 Å². The third-order valence-electron chi connectivity index (χ3n) is 11.2. The van der Waals surface area contributed by atoms with Crippen molar-refractivity contribution in [2.24, 2.45) is 39.4 Å². The highest BCUT2D eigenvalue weighted by molar-refractivity contribution is 6.02. The molecule has 4 aliphatic rings. The van der Waals surface area contributed by atoms with E-state index in [1.165, 1.54) is 32.1 Å². The molecule has 2 saturated carbocycles. The fraction of sp³-hybridized carbons (Fsp3) is 0.688. The van der Waals surface area contributed by atoms with Crippen LogP contribution in [0.5, 0.6) is 0 Å². The molecule has 2 fully saturated rings. The first kappa shape index (κ1) is 30.4. The molecule has 0 aromatic rings. The first-order valence-corrected chi connectivity index (χ1v) is 14.1. The van der Waals surface area contributed by atoms with E-state index in [2.05, 4.69) is 0 Å². The number of ketones is 3. The van der Waals surface area contributed by atoms with Crippen LogP contribution in [0.15, 0.2) is 35.6 Å². The average molecular weight is 557 g/mol. The van der Waals surface area contributed by atoms with Gasteiger partial charge in [-0.2, -0.15) is 0 Å². The summed E-state index contributed by atoms with van der Waals surface area (Å²) in [5.74, 6) is -3.61. The number of carbonyl (C=O) groups is 4. The fourth-order valence-electron chi connectivity index (χ4n) is 8.98. The Labute approximate surface area is 236 Å². The molecule has 4 rings (SSSR count). The van der Waals surface area contributed by atoms with Gasteiger partial charge < -0.3 is 20.1 Å². The maximum absolute atomic E-state index is 14.3. The predicted molar refractivity (Wildman–Crippen MR) is 148 cm³/mol. The van der Waals surface area contributed by atoms with Crippen molar-refractivity contribution in [3.05, 3.63) is 35.6 Å². The van der Waals surface area contributed by atoms with Crippen LogP contribution in [0.3, 0.4) is 0 Å². The van der Waals surface area contributed by atoms with Crippen LogP contribution in [0.25, 0.3) is 0 Å². The van der Waals surface area contributed by atoms with Crippen molar-refractivity contribution in [3.63, 3.8) is 0 Å². The zero-order chi connectivity index (χ0) is 30.4. The predicted octanol–water partition coefficient (Wildman–Crippen LogP) is 4.19. The quantitative estimate of drug-likeness (QED) is 0.260. The lowest BCUT2D eigenvalue weighted by Gasteiger charge is -2.63. The molecule has 0 bridgehead atoms. The van der Waals surface area contributed by atoms with Crippen LogP contribution in [0.2, 0.25) is 0 Å². The van der Waals surface area contributed by atoms with Gasteiger partial charge in [-0.3, -0.25) is 19.2 Å². The van der Waals surface area contributed by atoms with Crippen molar-refractivity contribution >= 4 is 23.3 Å². The van der Waals surface area contributed by atoms with E-state index in [9.17, 15) is 34.5 Å². The van der Waals surface area contributed by atoms with Gasteiger partial charge in [-0.05, 0) is 82.4 Å². The minimum atomic E-state index is -2.00. The van der Waals surface area contributed by atoms with Gasteiger partial charge in [0.25, 0.3) is 0 Å². The first-order chi connectivity index (χ1) is 18.1. The number of rotatable bonds is 5. The van der Waals surface area contributed by atoms with Crippen molar-refractivity contribution in [3.8, 4) is 0 Å². The van der Waals surface area contributed by atoms with E-state index >= 15 is 0 Å². The Bertz CT molecular complexity index is 1270. The maximum atomic E-state index is 14.3. The monoisotopic (exact) mass is 556 g/mol. The second-order valence-corrected chi connectivity index (χ2v) is 14.4. The molecule has 0 heterocycles. The molecule has 0 radical (unpaired) electrons. The number of ether oxygens (including phenoxy) is 1. The number of aliphatic hydroxyl groups excluding tert-OH is 2. The van der Waals surface area contributed by atoms with Crippen molar-refractivity contribution in [1.29, 1.82) is 0 Å². The smallest absolute Gasteiger partial charge is 0.303 e. The van der Waals surface area contributed by atoms with Crippen LogP contribution in [0.4, 0.5) is 0 Å². The molecule has 8 heteroatoms. The molecule has 0 spiro atoms. The summed E-state index contributed by atoms with van der Waals surface area (Å²) in [5.41, 5.74) is -5.72. The number of hydrogen-bond donors (Lipinski definition) is 3. The Morgan fingerprint density at radius 3 is 2.25 bits per heavy atom. The summed E-state index contributed by atoms with van der Waals surface area (Å²) in [5, 5.41) is 33.8. The van der Waals surface area contributed by atoms with E-state index in [4.69, 9.17) is 4.74 Å². The average Bonchev–Trinajstić information content (AvgIpc) is 3.01. The Hall–Kier alpha value is -2.58. The molecular formula is C32H44O8. The van der Waals surface area contributed by atoms with Crippen molar-refractivity contribution in [2.45, 2.75) is 98.9 Å². The Morgan fingerprint density at radius 2 is 1.68 bits per heavy atom. The zero-order valence-corrected chi connectivity index (χ0v) is 25.1. The van der Waals surface area contributed by atoms with Gasteiger partial charge in [0, 0.05) is 30.6 Å². The summed E-state index contributed by atoms with van der Waals surface area (Å²) >= 11 is 0. The summed E-state index contributed by atoms with van der Waals surface area (Å²) in [6, 6.07) is 0. The standard InChI is InChI=1S/C32H44O8/c1-17(33)40-27(2,3)13-12-23(36)32(9,39)25-21(35)15-29(6)22-11-10-18-19(14-20(34)26(38)28(18,4)5)31(22,8)24(37)16-30(25,29)7/h10,12-14,19,21-22,25,34-35,39H,11,15-16H2,1-9H3/b13-12+/t19?,21-,22+,25+,29+,30-,31+,32+/m1/s1. The van der Waals surface area contributed by atoms with Crippen LogP contribution >= 0.6 is 0 Å². The zero-order valence-electron chi connectivity index (χ0n) is 25.1. The molecule has 1 unspecified atom stereocenters. The second kappa shape index (κ2) is 8.96. The van der Waals surface area contributed by atoms with Crippen molar-refractivity contribution in [1.82, 2.24) is 0 Å². The molecule has 3 N–H and O–H groups in total. The van der Waals surface area contributed by atoms with E-state index in [-0.39, 0.29) is 36.1 Å². The summed E-state index contributed by atoms with van der Waals surface area (Å²) in [6.07, 6.45) is 5.89. The molecule has 0 aliphatic heterocycles. The molecule has 4 aliphatic carbocycles. The van der Waals surface area contributed by atoms with E-state index in [0.717, 1.165) is 5.57 Å². The molecule has 0 saturated heterocycles. The van der Waals surface area contributed by atoms with Gasteiger partial charge in [-0.1, -0.05) is 32.4 Å². The van der Waals surface area contributed by atoms with Gasteiger partial charge in [0.2, 0.25) is 5.78 Å². The van der Waals surface area contributed by atoms with Gasteiger partial charge in [0.05, 0.1) is 11.5 Å². The molecule has 8 atom stereocenters. The molecule has 0 aromatic carbocycles. The van der Waals surface area contributed by atoms with E-state index in [1.807, 2.05) is 26.8 Å². The topological polar surface area (TPSA) is 138 Å². The Balaban J connectivity index is 1.76. The van der Waals surface area contributed by atoms with Gasteiger partial charge in [-0.15, -0.1) is 0 Å². The fourth-order valence-corrected chi connectivity index (χ4v) is 8.98. The first-order valence-electron chi connectivity index (χ1n) is 14.1. The highest BCUT2D eigenvalue weighted by Gasteiger charge is 2.74. The number of fused-ring (bicyclic) bond motifs is 5. The van der Waals surface area contributed by atoms with E-state index in [1.54, 1.807) is 27.7 Å². The molecule has 0 amide bonds. The molecule has 0 aromatic heterocycles. The number of aliphatic hydroxyl groups is 3. The van der Waals surface area contributed by atoms with Crippen LogP contribution in [0, 0.1) is 39.4 Å². The third-order valence-corrected chi connectivity index (χ3v) is 11.2. The minimum absolute atomic E-state index is 0.0249. The highest BCUT2D eigenvalue weighted by atomic mass is 16.6. The Kier molecular flexibility index (Phi) is 6.80. The van der Waals surface area contributed by atoms with Crippen LogP contribution in [-0.2, 0) is 23.9 Å². The van der Waals surface area contributed by atoms with Gasteiger partial charge in [0.15, 0.2) is 11.5 Å². The van der Waals surface area contributed by atoms with Crippen molar-refractivity contribution in [2.75, 3.05) is 0 Å². The van der Waals surface area contributed by atoms with Gasteiger partial charge in [0.1, 0.15) is 17.0 Å². The number of hydrogen-bond acceptors (Lipinski definition) is 8. The third kappa shape index (κ3) is 4.00. The minimum Gasteiger partial charge on any atom is -0.505 e. The second-order valence-electron chi connectivity index (χ2n) is 14.4. The maximum Gasteiger partial charge on any atom is 0.303 e. The lowest BCUT2D eigenvalue weighted by molar-refractivity contribution is -0.179. The number of esters is 1. The van der Waals surface area contributed by atoms with Crippen LogP contribution < -0.4 is 0 Å². The highest BCUT2D eigenvalue weighted by Crippen LogP contribution is 2.73. The van der Waals surface area contributed by atoms with Crippen LogP contribution in [-0.4, -0.2) is 55.9 Å². The van der Waals surface area contributed by atoms with Gasteiger partial charge in [-0.25, -0.2) is 0 Å². The summed E-state index contributed by atoms with van der Waals surface area (Å²) in [6.45, 7) is 15.3. The molecular weight excluding hydrogens is 512 g/mol.